The molecule has 2 unspecified atom stereocenters. The normalized spacial score (nSPS) is 17.3. The molecule has 1 aromatic heterocycles. The van der Waals surface area contributed by atoms with Crippen LogP contribution in [0.1, 0.15) is 33.9 Å². The van der Waals surface area contributed by atoms with E-state index in [1.165, 1.54) is 28.0 Å². The minimum Gasteiger partial charge on any atom is -0.360 e. The number of hydrogen-bond acceptors (Lipinski definition) is 3. The minimum absolute atomic E-state index is 0.0146. The molecule has 3 heterocycles. The second kappa shape index (κ2) is 8.70. The van der Waals surface area contributed by atoms with E-state index in [9.17, 15) is 0 Å². The number of benzene rings is 3. The fourth-order valence-corrected chi connectivity index (χ4v) is 5.78. The maximum absolute atomic E-state index is 6.39. The third-order valence-electron chi connectivity index (χ3n) is 6.71. The molecule has 3 nitrogen and oxygen atoms in total. The second-order valence-corrected chi connectivity index (χ2v) is 9.85. The van der Waals surface area contributed by atoms with Crippen molar-refractivity contribution in [1.82, 2.24) is 9.55 Å². The van der Waals surface area contributed by atoms with Crippen LogP contribution in [0.25, 0.3) is 5.57 Å². The predicted molar refractivity (Wildman–Crippen MR) is 144 cm³/mol. The minimum atomic E-state index is -0.0146. The second-order valence-electron chi connectivity index (χ2n) is 8.70. The summed E-state index contributed by atoms with van der Waals surface area (Å²) in [4.78, 5) is 6.75. The Balaban J connectivity index is 1.57. The average molecular weight is 502 g/mol. The highest BCUT2D eigenvalue weighted by Gasteiger charge is 2.33. The third-order valence-corrected chi connectivity index (χ3v) is 7.47. The largest absolute Gasteiger partial charge is 0.360 e. The summed E-state index contributed by atoms with van der Waals surface area (Å²) in [7, 11) is 0. The van der Waals surface area contributed by atoms with Crippen LogP contribution >= 0.6 is 35.4 Å². The van der Waals surface area contributed by atoms with Crippen molar-refractivity contribution in [2.24, 2.45) is 0 Å². The molecule has 2 aliphatic rings. The van der Waals surface area contributed by atoms with E-state index in [2.05, 4.69) is 50.9 Å². The molecule has 0 fully saturated rings. The molecule has 0 N–H and O–H groups in total. The van der Waals surface area contributed by atoms with Gasteiger partial charge in [-0.15, -0.1) is 0 Å². The highest BCUT2D eigenvalue weighted by molar-refractivity contribution is 7.79. The molecule has 0 radical (unpaired) electrons. The molecule has 6 rings (SSSR count). The topological polar surface area (TPSA) is 21.1 Å². The zero-order chi connectivity index (χ0) is 23.2. The number of anilines is 1. The van der Waals surface area contributed by atoms with Gasteiger partial charge < -0.3 is 9.47 Å². The Bertz CT molecular complexity index is 1410. The number of hydrogen-bond donors (Lipinski definition) is 0. The average Bonchev–Trinajstić information content (AvgIpc) is 3.52. The fourth-order valence-electron chi connectivity index (χ4n) is 5.24. The first-order chi connectivity index (χ1) is 16.6. The third kappa shape index (κ3) is 3.67. The lowest BCUT2D eigenvalue weighted by Gasteiger charge is -2.34. The molecule has 0 amide bonds. The number of aromatic nitrogens is 2. The fraction of sp³-hybridized carbons (Fsp3) is 0.143. The Hall–Kier alpha value is -2.92. The van der Waals surface area contributed by atoms with Gasteiger partial charge in [0, 0.05) is 45.6 Å². The summed E-state index contributed by atoms with van der Waals surface area (Å²) in [6.45, 7) is 0.958. The van der Waals surface area contributed by atoms with Gasteiger partial charge in [0.1, 0.15) is 0 Å². The van der Waals surface area contributed by atoms with Crippen molar-refractivity contribution < 1.29 is 0 Å². The number of rotatable bonds is 5. The lowest BCUT2D eigenvalue weighted by atomic mass is 9.86. The number of nitrogens with zero attached hydrogens (tertiary/aromatic N) is 3. The predicted octanol–water partition coefficient (Wildman–Crippen LogP) is 7.00. The molecule has 34 heavy (non-hydrogen) atoms. The van der Waals surface area contributed by atoms with Gasteiger partial charge in [-0.2, -0.15) is 0 Å². The molecular weight excluding hydrogens is 481 g/mol. The van der Waals surface area contributed by atoms with Gasteiger partial charge in [0.05, 0.1) is 18.4 Å². The monoisotopic (exact) mass is 501 g/mol. The summed E-state index contributed by atoms with van der Waals surface area (Å²) in [5, 5.41) is 3.31. The maximum Gasteiger partial charge on any atom is 0.0954 e. The first kappa shape index (κ1) is 21.6. The van der Waals surface area contributed by atoms with E-state index in [-0.39, 0.29) is 12.1 Å². The Kier molecular flexibility index (Phi) is 5.53. The smallest absolute Gasteiger partial charge is 0.0954 e. The quantitative estimate of drug-likeness (QED) is 0.274. The molecule has 4 aromatic rings. The highest BCUT2D eigenvalue weighted by atomic mass is 35.5. The van der Waals surface area contributed by atoms with Gasteiger partial charge >= 0.3 is 0 Å². The summed E-state index contributed by atoms with van der Waals surface area (Å²) in [6.07, 6.45) is 8.97. The van der Waals surface area contributed by atoms with Gasteiger partial charge in [0.25, 0.3) is 0 Å². The molecule has 0 bridgehead atoms. The van der Waals surface area contributed by atoms with E-state index in [4.69, 9.17) is 35.4 Å². The lowest BCUT2D eigenvalue weighted by molar-refractivity contribution is 0.676. The van der Waals surface area contributed by atoms with E-state index in [0.717, 1.165) is 34.1 Å². The molecule has 2 atom stereocenters. The van der Waals surface area contributed by atoms with E-state index < -0.39 is 0 Å². The molecular formula is C28H21Cl2N3S. The van der Waals surface area contributed by atoms with E-state index in [1.807, 2.05) is 54.4 Å². The van der Waals surface area contributed by atoms with Crippen molar-refractivity contribution in [3.8, 4) is 0 Å². The van der Waals surface area contributed by atoms with Crippen LogP contribution in [0.5, 0.6) is 0 Å². The molecule has 168 valence electrons. The Morgan fingerprint density at radius 2 is 1.85 bits per heavy atom. The van der Waals surface area contributed by atoms with Crippen LogP contribution in [0.2, 0.25) is 10.0 Å². The van der Waals surface area contributed by atoms with E-state index in [0.29, 0.717) is 0 Å². The van der Waals surface area contributed by atoms with Gasteiger partial charge in [-0.3, -0.25) is 0 Å². The van der Waals surface area contributed by atoms with E-state index >= 15 is 0 Å². The number of halogens is 2. The molecule has 2 aliphatic heterocycles. The summed E-state index contributed by atoms with van der Waals surface area (Å²) in [6, 6.07) is 20.9. The van der Waals surface area contributed by atoms with Gasteiger partial charge in [-0.1, -0.05) is 65.8 Å². The molecule has 0 spiro atoms. The van der Waals surface area contributed by atoms with Crippen molar-refractivity contribution in [3.63, 3.8) is 0 Å². The zero-order valence-corrected chi connectivity index (χ0v) is 20.6. The first-order valence-electron chi connectivity index (χ1n) is 11.2. The summed E-state index contributed by atoms with van der Waals surface area (Å²) in [5.41, 5.74) is 8.50. The Labute approximate surface area is 214 Å². The van der Waals surface area contributed by atoms with Crippen LogP contribution in [0.15, 0.2) is 85.5 Å². The van der Waals surface area contributed by atoms with Crippen molar-refractivity contribution in [2.75, 3.05) is 11.4 Å². The summed E-state index contributed by atoms with van der Waals surface area (Å²) >= 11 is 18.0. The van der Waals surface area contributed by atoms with Gasteiger partial charge in [-0.05, 0) is 70.7 Å². The first-order valence-corrected chi connectivity index (χ1v) is 12.4. The number of imidazole rings is 1. The lowest BCUT2D eigenvalue weighted by Crippen LogP contribution is -2.36. The molecule has 0 aliphatic carbocycles. The van der Waals surface area contributed by atoms with Crippen molar-refractivity contribution in [2.45, 2.75) is 18.5 Å². The van der Waals surface area contributed by atoms with Crippen LogP contribution in [0.4, 0.5) is 5.69 Å². The molecule has 3 aromatic carbocycles. The number of thiocarbonyl (C=S) groups is 1. The van der Waals surface area contributed by atoms with Crippen LogP contribution in [0.3, 0.4) is 0 Å². The summed E-state index contributed by atoms with van der Waals surface area (Å²) in [5.74, 6) is 0. The molecule has 0 saturated heterocycles. The Morgan fingerprint density at radius 3 is 2.59 bits per heavy atom. The van der Waals surface area contributed by atoms with Crippen molar-refractivity contribution in [3.05, 3.63) is 123 Å². The van der Waals surface area contributed by atoms with Crippen molar-refractivity contribution in [1.29, 1.82) is 0 Å². The molecule has 6 heteroatoms. The van der Waals surface area contributed by atoms with Crippen LogP contribution in [-0.4, -0.2) is 27.5 Å². The summed E-state index contributed by atoms with van der Waals surface area (Å²) < 4.78 is 2.15. The highest BCUT2D eigenvalue weighted by Crippen LogP contribution is 2.45. The van der Waals surface area contributed by atoms with Gasteiger partial charge in [-0.25, -0.2) is 4.98 Å². The van der Waals surface area contributed by atoms with Gasteiger partial charge in [0.2, 0.25) is 0 Å². The molecule has 0 saturated carbocycles. The van der Waals surface area contributed by atoms with Gasteiger partial charge in [0.15, 0.2) is 0 Å². The standard InChI is InChI=1S/C28H21Cl2N3S/c29-22-6-4-18(5-7-22)27(32-11-9-31-17-32)21-12-20-8-10-33-24(16-34)15-25(26(14-21)28(20)33)19-2-1-3-23(30)13-19/h1-7,9,11-17,24,27H,8,10H2. The van der Waals surface area contributed by atoms with Crippen LogP contribution < -0.4 is 4.90 Å². The van der Waals surface area contributed by atoms with Crippen molar-refractivity contribution >= 4 is 52.0 Å². The SMILES string of the molecule is S=CC1C=C(c2cccc(Cl)c2)c2cc(C(c3ccc(Cl)cc3)n3ccnc3)cc3c2N1CC3. The van der Waals surface area contributed by atoms with Crippen LogP contribution in [0, 0.1) is 0 Å². The van der Waals surface area contributed by atoms with Crippen LogP contribution in [-0.2, 0) is 6.42 Å². The van der Waals surface area contributed by atoms with E-state index in [1.54, 1.807) is 0 Å². The zero-order valence-electron chi connectivity index (χ0n) is 18.2. The maximum atomic E-state index is 6.39. The Morgan fingerprint density at radius 1 is 1.00 bits per heavy atom.